The second-order valence-electron chi connectivity index (χ2n) is 18.0. The number of benzene rings is 4. The molecule has 0 aliphatic heterocycles. The zero-order chi connectivity index (χ0) is 47.1. The molecule has 2 aliphatic carbocycles. The van der Waals surface area contributed by atoms with Gasteiger partial charge in [0.25, 0.3) is 0 Å². The standard InChI is InChI=1S/C26H32N2O5.C24H27NO6/c1-26(2,3)33-23(29)15-22(24(30)27(4)5)28(6)25(31)32-16-21-19-13-9-7-11-17(19)18-12-8-10-14-20(18)21;1-24(2,3)31-21(26)13-20(22(27)28)25(4)23(29)30-14-19-17-11-7-5-9-15(17)16-10-6-8-12-18(16)19/h7-14,21-22H,15-16H2,1-6H3;5-12,19-20H,13-14H2,1-4H3,(H,27,28)/t22-;20-/m00/s1. The Morgan fingerprint density at radius 2 is 0.812 bits per heavy atom. The van der Waals surface area contributed by atoms with Crippen molar-refractivity contribution in [2.75, 3.05) is 41.4 Å². The number of carbonyl (C=O) groups is 6. The van der Waals surface area contributed by atoms with Crippen molar-refractivity contribution in [2.24, 2.45) is 0 Å². The number of carboxylic acids is 1. The summed E-state index contributed by atoms with van der Waals surface area (Å²) in [6.07, 6.45) is -2.19. The Hall–Kier alpha value is -6.70. The number of rotatable bonds is 12. The minimum Gasteiger partial charge on any atom is -0.480 e. The Morgan fingerprint density at radius 1 is 0.516 bits per heavy atom. The molecule has 2 aliphatic rings. The van der Waals surface area contributed by atoms with Crippen molar-refractivity contribution in [3.05, 3.63) is 119 Å². The molecule has 340 valence electrons. The summed E-state index contributed by atoms with van der Waals surface area (Å²) in [5.41, 5.74) is 7.34. The van der Waals surface area contributed by atoms with E-state index in [1.807, 2.05) is 84.9 Å². The van der Waals surface area contributed by atoms with Gasteiger partial charge in [-0.2, -0.15) is 0 Å². The summed E-state index contributed by atoms with van der Waals surface area (Å²) >= 11 is 0. The molecule has 4 aromatic carbocycles. The molecule has 0 heterocycles. The number of hydrogen-bond donors (Lipinski definition) is 1. The number of carboxylic acid groups (broad SMARTS) is 1. The van der Waals surface area contributed by atoms with Gasteiger partial charge in [-0.25, -0.2) is 14.4 Å². The van der Waals surface area contributed by atoms with Gasteiger partial charge in [0.1, 0.15) is 36.5 Å². The molecule has 0 aromatic heterocycles. The van der Waals surface area contributed by atoms with Crippen LogP contribution in [0.25, 0.3) is 22.3 Å². The van der Waals surface area contributed by atoms with Gasteiger partial charge in [-0.05, 0) is 86.1 Å². The molecule has 64 heavy (non-hydrogen) atoms. The quantitative estimate of drug-likeness (QED) is 0.108. The van der Waals surface area contributed by atoms with E-state index in [-0.39, 0.29) is 37.4 Å². The van der Waals surface area contributed by atoms with E-state index in [0.717, 1.165) is 49.4 Å². The normalized spacial score (nSPS) is 13.6. The monoisotopic (exact) mass is 877 g/mol. The highest BCUT2D eigenvalue weighted by atomic mass is 16.6. The predicted molar refractivity (Wildman–Crippen MR) is 240 cm³/mol. The first-order valence-electron chi connectivity index (χ1n) is 21.1. The molecule has 0 spiro atoms. The molecule has 3 amide bonds. The summed E-state index contributed by atoms with van der Waals surface area (Å²) in [6, 6.07) is 29.6. The van der Waals surface area contributed by atoms with Crippen molar-refractivity contribution in [3.63, 3.8) is 0 Å². The maximum absolute atomic E-state index is 12.9. The lowest BCUT2D eigenvalue weighted by Gasteiger charge is -2.29. The van der Waals surface area contributed by atoms with Gasteiger partial charge in [-0.3, -0.25) is 24.2 Å². The van der Waals surface area contributed by atoms with Crippen LogP contribution in [0.1, 0.15) is 88.5 Å². The summed E-state index contributed by atoms with van der Waals surface area (Å²) in [7, 11) is 5.93. The second kappa shape index (κ2) is 20.2. The van der Waals surface area contributed by atoms with Gasteiger partial charge >= 0.3 is 30.1 Å². The average Bonchev–Trinajstić information content (AvgIpc) is 3.73. The SMILES string of the molecule is CN(C(=O)OCC1c2ccccc2-c2ccccc21)[C@@H](CC(=O)OC(C)(C)C)C(=O)O.CN(C)C(=O)[C@H](CC(=O)OC(C)(C)C)N(C)C(=O)OCC1c2ccccc2-c2ccccc21. The van der Waals surface area contributed by atoms with Crippen LogP contribution in [0.5, 0.6) is 0 Å². The number of hydrogen-bond acceptors (Lipinski definition) is 10. The Kier molecular flexibility index (Phi) is 15.3. The minimum absolute atomic E-state index is 0.0655. The highest BCUT2D eigenvalue weighted by Crippen LogP contribution is 2.45. The highest BCUT2D eigenvalue weighted by molar-refractivity contribution is 5.90. The first-order valence-corrected chi connectivity index (χ1v) is 21.1. The summed E-state index contributed by atoms with van der Waals surface area (Å²) in [5.74, 6) is -3.17. The van der Waals surface area contributed by atoms with Crippen LogP contribution in [0.2, 0.25) is 0 Å². The van der Waals surface area contributed by atoms with Crippen molar-refractivity contribution in [1.82, 2.24) is 14.7 Å². The third-order valence-corrected chi connectivity index (χ3v) is 10.8. The molecule has 6 rings (SSSR count). The zero-order valence-electron chi connectivity index (χ0n) is 38.2. The van der Waals surface area contributed by atoms with Crippen LogP contribution in [-0.4, -0.2) is 120 Å². The third kappa shape index (κ3) is 11.9. The average molecular weight is 878 g/mol. The van der Waals surface area contributed by atoms with Crippen molar-refractivity contribution in [1.29, 1.82) is 0 Å². The van der Waals surface area contributed by atoms with Crippen molar-refractivity contribution in [2.45, 2.75) is 89.5 Å². The number of ether oxygens (including phenoxy) is 4. The molecule has 14 nitrogen and oxygen atoms in total. The predicted octanol–water partition coefficient (Wildman–Crippen LogP) is 8.11. The lowest BCUT2D eigenvalue weighted by atomic mass is 9.98. The molecular formula is C50H59N3O11. The molecule has 0 fully saturated rings. The Morgan fingerprint density at radius 3 is 1.11 bits per heavy atom. The number of amides is 3. The fraction of sp³-hybridized carbons (Fsp3) is 0.400. The topological polar surface area (TPSA) is 169 Å². The molecular weight excluding hydrogens is 819 g/mol. The molecule has 2 atom stereocenters. The van der Waals surface area contributed by atoms with E-state index in [2.05, 4.69) is 12.1 Å². The smallest absolute Gasteiger partial charge is 0.410 e. The van der Waals surface area contributed by atoms with Crippen LogP contribution in [0.3, 0.4) is 0 Å². The highest BCUT2D eigenvalue weighted by Gasteiger charge is 2.36. The fourth-order valence-electron chi connectivity index (χ4n) is 7.81. The zero-order valence-corrected chi connectivity index (χ0v) is 38.2. The van der Waals surface area contributed by atoms with E-state index in [1.165, 1.54) is 23.9 Å². The van der Waals surface area contributed by atoms with E-state index in [0.29, 0.717) is 0 Å². The molecule has 0 saturated carbocycles. The summed E-state index contributed by atoms with van der Waals surface area (Å²) in [6.45, 7) is 10.5. The second-order valence-corrected chi connectivity index (χ2v) is 18.0. The van der Waals surface area contributed by atoms with Crippen LogP contribution in [0.4, 0.5) is 9.59 Å². The Balaban J connectivity index is 0.000000241. The molecule has 4 aromatic rings. The Labute approximate surface area is 375 Å². The summed E-state index contributed by atoms with van der Waals surface area (Å²) < 4.78 is 21.7. The van der Waals surface area contributed by atoms with Crippen molar-refractivity contribution in [3.8, 4) is 22.3 Å². The van der Waals surface area contributed by atoms with E-state index >= 15 is 0 Å². The number of likely N-dealkylation sites (N-methyl/N-ethyl adjacent to an activating group) is 3. The molecule has 0 saturated heterocycles. The molecule has 0 radical (unpaired) electrons. The third-order valence-electron chi connectivity index (χ3n) is 10.8. The first-order chi connectivity index (χ1) is 30.1. The lowest BCUT2D eigenvalue weighted by molar-refractivity contribution is -0.160. The van der Waals surface area contributed by atoms with Crippen LogP contribution in [-0.2, 0) is 38.1 Å². The van der Waals surface area contributed by atoms with Crippen molar-refractivity contribution >= 4 is 36.0 Å². The van der Waals surface area contributed by atoms with E-state index in [9.17, 15) is 33.9 Å². The van der Waals surface area contributed by atoms with Gasteiger partial charge in [0.2, 0.25) is 5.91 Å². The largest absolute Gasteiger partial charge is 0.480 e. The van der Waals surface area contributed by atoms with E-state index in [4.69, 9.17) is 18.9 Å². The van der Waals surface area contributed by atoms with Gasteiger partial charge < -0.3 is 29.0 Å². The van der Waals surface area contributed by atoms with E-state index in [1.54, 1.807) is 55.6 Å². The molecule has 1 N–H and O–H groups in total. The number of aliphatic carboxylic acids is 1. The van der Waals surface area contributed by atoms with Crippen LogP contribution in [0, 0.1) is 0 Å². The van der Waals surface area contributed by atoms with Crippen LogP contribution >= 0.6 is 0 Å². The number of esters is 2. The molecule has 0 bridgehead atoms. The maximum Gasteiger partial charge on any atom is 0.410 e. The van der Waals surface area contributed by atoms with E-state index < -0.39 is 59.8 Å². The van der Waals surface area contributed by atoms with Gasteiger partial charge in [0, 0.05) is 40.0 Å². The maximum atomic E-state index is 12.9. The van der Waals surface area contributed by atoms with Crippen LogP contribution in [0.15, 0.2) is 97.1 Å². The number of carbonyl (C=O) groups excluding carboxylic acids is 5. The lowest BCUT2D eigenvalue weighted by Crippen LogP contribution is -2.49. The first kappa shape index (κ1) is 48.3. The van der Waals surface area contributed by atoms with Crippen LogP contribution < -0.4 is 0 Å². The van der Waals surface area contributed by atoms with Gasteiger partial charge in [-0.15, -0.1) is 0 Å². The van der Waals surface area contributed by atoms with Crippen molar-refractivity contribution < 1.29 is 52.8 Å². The molecule has 14 heteroatoms. The Bertz CT molecular complexity index is 2270. The number of fused-ring (bicyclic) bond motifs is 6. The van der Waals surface area contributed by atoms with Gasteiger partial charge in [0.15, 0.2) is 0 Å². The fourth-order valence-corrected chi connectivity index (χ4v) is 7.81. The summed E-state index contributed by atoms with van der Waals surface area (Å²) in [5, 5.41) is 9.52. The van der Waals surface area contributed by atoms with Gasteiger partial charge in [-0.1, -0.05) is 97.1 Å². The molecule has 0 unspecified atom stereocenters. The summed E-state index contributed by atoms with van der Waals surface area (Å²) in [4.78, 5) is 77.9. The minimum atomic E-state index is -1.38. The number of nitrogens with zero attached hydrogens (tertiary/aromatic N) is 3. The van der Waals surface area contributed by atoms with Gasteiger partial charge in [0.05, 0.1) is 12.8 Å².